The van der Waals surface area contributed by atoms with E-state index in [9.17, 15) is 4.79 Å². The minimum atomic E-state index is -0.492. The molecule has 1 aromatic carbocycles. The van der Waals surface area contributed by atoms with Crippen LogP contribution in [0.1, 0.15) is 32.3 Å². The summed E-state index contributed by atoms with van der Waals surface area (Å²) in [5.41, 5.74) is 0.591. The number of rotatable bonds is 3. The van der Waals surface area contributed by atoms with E-state index >= 15 is 0 Å². The molecule has 92 valence electrons. The third kappa shape index (κ3) is 2.20. The van der Waals surface area contributed by atoms with Crippen LogP contribution in [0.15, 0.2) is 30.3 Å². The van der Waals surface area contributed by atoms with Crippen molar-refractivity contribution in [3.05, 3.63) is 35.9 Å². The fourth-order valence-electron chi connectivity index (χ4n) is 2.44. The van der Waals surface area contributed by atoms with Crippen LogP contribution in [-0.4, -0.2) is 18.6 Å². The molecular weight excluding hydrogens is 214 g/mol. The Labute approximate surface area is 102 Å². The Morgan fingerprint density at radius 1 is 1.47 bits per heavy atom. The molecule has 1 aliphatic heterocycles. The van der Waals surface area contributed by atoms with Gasteiger partial charge >= 0.3 is 5.97 Å². The Morgan fingerprint density at radius 3 is 2.71 bits per heavy atom. The van der Waals surface area contributed by atoms with Gasteiger partial charge in [-0.25, -0.2) is 0 Å². The van der Waals surface area contributed by atoms with Crippen molar-refractivity contribution in [3.8, 4) is 0 Å². The molecule has 1 saturated heterocycles. The monoisotopic (exact) mass is 233 g/mol. The van der Waals surface area contributed by atoms with E-state index in [4.69, 9.17) is 4.74 Å². The highest BCUT2D eigenvalue weighted by atomic mass is 16.6. The molecule has 3 heteroatoms. The van der Waals surface area contributed by atoms with Crippen LogP contribution in [-0.2, 0) is 15.1 Å². The number of carbonyl (C=O) groups excluding carboxylic acids is 1. The number of ether oxygens (including phenoxy) is 1. The average molecular weight is 233 g/mol. The summed E-state index contributed by atoms with van der Waals surface area (Å²) in [6.45, 7) is 4.78. The van der Waals surface area contributed by atoms with Gasteiger partial charge in [-0.15, -0.1) is 0 Å². The van der Waals surface area contributed by atoms with Gasteiger partial charge in [0.2, 0.25) is 0 Å². The first kappa shape index (κ1) is 12.1. The van der Waals surface area contributed by atoms with E-state index in [0.717, 1.165) is 18.5 Å². The molecule has 2 unspecified atom stereocenters. The van der Waals surface area contributed by atoms with E-state index in [1.54, 1.807) is 0 Å². The summed E-state index contributed by atoms with van der Waals surface area (Å²) in [7, 11) is 0. The van der Waals surface area contributed by atoms with Crippen LogP contribution in [0.3, 0.4) is 0 Å². The van der Waals surface area contributed by atoms with Crippen molar-refractivity contribution in [2.24, 2.45) is 0 Å². The second-order valence-electron chi connectivity index (χ2n) is 4.51. The molecule has 0 aliphatic carbocycles. The first-order chi connectivity index (χ1) is 8.19. The van der Waals surface area contributed by atoms with E-state index in [1.807, 2.05) is 37.3 Å². The molecule has 17 heavy (non-hydrogen) atoms. The molecule has 0 amide bonds. The lowest BCUT2D eigenvalue weighted by atomic mass is 9.87. The quantitative estimate of drug-likeness (QED) is 0.813. The van der Waals surface area contributed by atoms with Crippen LogP contribution in [0.25, 0.3) is 0 Å². The van der Waals surface area contributed by atoms with E-state index in [1.165, 1.54) is 0 Å². The lowest BCUT2D eigenvalue weighted by Gasteiger charge is -2.33. The Hall–Kier alpha value is -1.35. The predicted molar refractivity (Wildman–Crippen MR) is 66.6 cm³/mol. The summed E-state index contributed by atoms with van der Waals surface area (Å²) in [6, 6.07) is 10.2. The molecule has 1 fully saturated rings. The normalized spacial score (nSPS) is 28.0. The largest absolute Gasteiger partial charge is 0.452 e. The summed E-state index contributed by atoms with van der Waals surface area (Å²) >= 11 is 0. The first-order valence-electron chi connectivity index (χ1n) is 6.20. The molecule has 2 atom stereocenters. The molecule has 1 N–H and O–H groups in total. The van der Waals surface area contributed by atoms with E-state index in [-0.39, 0.29) is 12.0 Å². The van der Waals surface area contributed by atoms with Crippen molar-refractivity contribution < 1.29 is 9.53 Å². The zero-order valence-corrected chi connectivity index (χ0v) is 10.4. The third-order valence-electron chi connectivity index (χ3n) is 3.49. The fourth-order valence-corrected chi connectivity index (χ4v) is 2.44. The summed E-state index contributed by atoms with van der Waals surface area (Å²) in [5.74, 6) is -0.135. The zero-order valence-electron chi connectivity index (χ0n) is 10.4. The molecule has 1 heterocycles. The smallest absolute Gasteiger partial charge is 0.306 e. The van der Waals surface area contributed by atoms with Crippen LogP contribution in [0.4, 0.5) is 0 Å². The number of esters is 1. The highest BCUT2D eigenvalue weighted by molar-refractivity contribution is 5.70. The van der Waals surface area contributed by atoms with Gasteiger partial charge in [-0.2, -0.15) is 0 Å². The van der Waals surface area contributed by atoms with E-state index < -0.39 is 5.60 Å². The maximum absolute atomic E-state index is 11.6. The predicted octanol–water partition coefficient (Wildman–Crippen LogP) is 2.22. The van der Waals surface area contributed by atoms with Gasteiger partial charge in [0.05, 0.1) is 0 Å². The minimum absolute atomic E-state index is 0.135. The van der Waals surface area contributed by atoms with Crippen molar-refractivity contribution in [1.29, 1.82) is 0 Å². The lowest BCUT2D eigenvalue weighted by molar-refractivity contribution is -0.161. The molecule has 1 aromatic rings. The number of nitrogens with one attached hydrogen (secondary N) is 1. The second-order valence-corrected chi connectivity index (χ2v) is 4.51. The molecule has 2 rings (SSSR count). The topological polar surface area (TPSA) is 38.3 Å². The van der Waals surface area contributed by atoms with E-state index in [0.29, 0.717) is 6.42 Å². The highest BCUT2D eigenvalue weighted by Crippen LogP contribution is 2.37. The van der Waals surface area contributed by atoms with Crippen molar-refractivity contribution >= 4 is 5.97 Å². The van der Waals surface area contributed by atoms with Crippen molar-refractivity contribution in [1.82, 2.24) is 5.32 Å². The molecular formula is C14H19NO2. The maximum Gasteiger partial charge on any atom is 0.306 e. The molecule has 1 aliphatic rings. The number of benzene rings is 1. The number of hydrogen-bond donors (Lipinski definition) is 1. The molecule has 0 saturated carbocycles. The third-order valence-corrected chi connectivity index (χ3v) is 3.49. The Bertz CT molecular complexity index is 390. The van der Waals surface area contributed by atoms with Gasteiger partial charge in [-0.05, 0) is 19.0 Å². The summed E-state index contributed by atoms with van der Waals surface area (Å²) in [6.07, 6.45) is 1.26. The number of carbonyl (C=O) groups is 1. The van der Waals surface area contributed by atoms with E-state index in [2.05, 4.69) is 12.2 Å². The Morgan fingerprint density at radius 2 is 2.18 bits per heavy atom. The molecule has 3 nitrogen and oxygen atoms in total. The Balaban J connectivity index is 2.34. The molecule has 0 radical (unpaired) electrons. The second kappa shape index (κ2) is 4.88. The van der Waals surface area contributed by atoms with Gasteiger partial charge in [0.15, 0.2) is 5.60 Å². The van der Waals surface area contributed by atoms with Crippen LogP contribution in [0.2, 0.25) is 0 Å². The first-order valence-corrected chi connectivity index (χ1v) is 6.20. The average Bonchev–Trinajstić information content (AvgIpc) is 2.73. The van der Waals surface area contributed by atoms with Crippen molar-refractivity contribution in [3.63, 3.8) is 0 Å². The zero-order chi connectivity index (χ0) is 12.3. The van der Waals surface area contributed by atoms with Gasteiger partial charge in [0.1, 0.15) is 0 Å². The van der Waals surface area contributed by atoms with Gasteiger partial charge < -0.3 is 10.1 Å². The molecule has 0 aromatic heterocycles. The standard InChI is InChI=1S/C14H19NO2/c1-3-13(16)17-14(9-10-15-11(14)2)12-7-5-4-6-8-12/h4-8,11,15H,3,9-10H2,1-2H3. The van der Waals surface area contributed by atoms with Crippen LogP contribution >= 0.6 is 0 Å². The van der Waals surface area contributed by atoms with Gasteiger partial charge in [-0.1, -0.05) is 37.3 Å². The lowest BCUT2D eigenvalue weighted by Crippen LogP contribution is -2.42. The SMILES string of the molecule is CCC(=O)OC1(c2ccccc2)CCNC1C. The summed E-state index contributed by atoms with van der Waals surface area (Å²) in [4.78, 5) is 11.6. The van der Waals surface area contributed by atoms with Crippen LogP contribution in [0.5, 0.6) is 0 Å². The van der Waals surface area contributed by atoms with Gasteiger partial charge in [0, 0.05) is 18.9 Å². The highest BCUT2D eigenvalue weighted by Gasteiger charge is 2.45. The van der Waals surface area contributed by atoms with Gasteiger partial charge in [-0.3, -0.25) is 4.79 Å². The molecule has 0 bridgehead atoms. The van der Waals surface area contributed by atoms with Crippen LogP contribution in [0, 0.1) is 0 Å². The van der Waals surface area contributed by atoms with Crippen LogP contribution < -0.4 is 5.32 Å². The van der Waals surface area contributed by atoms with Crippen molar-refractivity contribution in [2.75, 3.05) is 6.54 Å². The fraction of sp³-hybridized carbons (Fsp3) is 0.500. The minimum Gasteiger partial charge on any atom is -0.452 e. The summed E-state index contributed by atoms with van der Waals surface area (Å²) < 4.78 is 5.75. The Kier molecular flexibility index (Phi) is 3.48. The maximum atomic E-state index is 11.6. The molecule has 0 spiro atoms. The summed E-state index contributed by atoms with van der Waals surface area (Å²) in [5, 5.41) is 3.36. The number of hydrogen-bond acceptors (Lipinski definition) is 3. The van der Waals surface area contributed by atoms with Crippen molar-refractivity contribution in [2.45, 2.75) is 38.3 Å². The van der Waals surface area contributed by atoms with Gasteiger partial charge in [0.25, 0.3) is 0 Å².